The molecule has 2 heterocycles. The molecule has 1 aromatic carbocycles. The van der Waals surface area contributed by atoms with E-state index in [1.165, 1.54) is 11.9 Å². The van der Waals surface area contributed by atoms with Gasteiger partial charge in [0.2, 0.25) is 11.8 Å². The molecule has 0 aromatic heterocycles. The number of carbonyl (C=O) groups excluding carboxylic acids is 3. The highest BCUT2D eigenvalue weighted by Crippen LogP contribution is 2.45. The summed E-state index contributed by atoms with van der Waals surface area (Å²) in [6, 6.07) is 9.44. The lowest BCUT2D eigenvalue weighted by molar-refractivity contribution is -0.138. The van der Waals surface area contributed by atoms with Gasteiger partial charge in [-0.25, -0.2) is 4.79 Å². The molecule has 0 unspecified atom stereocenters. The van der Waals surface area contributed by atoms with Crippen molar-refractivity contribution >= 4 is 17.8 Å². The molecule has 0 bridgehead atoms. The summed E-state index contributed by atoms with van der Waals surface area (Å²) < 4.78 is 5.83. The number of likely N-dealkylation sites (tertiary alicyclic amines) is 2. The van der Waals surface area contributed by atoms with Gasteiger partial charge in [-0.2, -0.15) is 0 Å². The number of nitrogens with one attached hydrogen (secondary N) is 1. The lowest BCUT2D eigenvalue weighted by Crippen LogP contribution is -2.44. The van der Waals surface area contributed by atoms with E-state index in [0.717, 1.165) is 18.6 Å². The molecule has 1 saturated carbocycles. The van der Waals surface area contributed by atoms with Crippen molar-refractivity contribution in [2.45, 2.75) is 12.8 Å². The molecular weight excluding hydrogens is 334 g/mol. The number of rotatable bonds is 5. The highest BCUT2D eigenvalue weighted by molar-refractivity contribution is 6.06. The van der Waals surface area contributed by atoms with Crippen molar-refractivity contribution in [2.75, 3.05) is 33.3 Å². The largest absolute Gasteiger partial charge is 0.493 e. The van der Waals surface area contributed by atoms with Crippen LogP contribution >= 0.6 is 0 Å². The standard InChI is InChI=1S/C19H23N3O4/c1-21-16(23)14-9-22(10-15(14)17(21)24)18(25)20-11-19(7-8-19)12-26-13-5-3-2-4-6-13/h2-6,14-15H,7-12H2,1H3,(H,20,25)/t14-,15+. The summed E-state index contributed by atoms with van der Waals surface area (Å²) in [6.45, 7) is 1.76. The first-order valence-corrected chi connectivity index (χ1v) is 9.01. The predicted octanol–water partition coefficient (Wildman–Crippen LogP) is 1.10. The number of hydrogen-bond acceptors (Lipinski definition) is 4. The number of benzene rings is 1. The van der Waals surface area contributed by atoms with Crippen LogP contribution in [0.15, 0.2) is 30.3 Å². The third-order valence-electron chi connectivity index (χ3n) is 5.76. The van der Waals surface area contributed by atoms with Gasteiger partial charge in [0.25, 0.3) is 0 Å². The normalized spacial score (nSPS) is 26.0. The molecule has 7 heteroatoms. The second-order valence-corrected chi connectivity index (χ2v) is 7.61. The van der Waals surface area contributed by atoms with Gasteiger partial charge in [0.1, 0.15) is 5.75 Å². The van der Waals surface area contributed by atoms with Gasteiger partial charge in [0.15, 0.2) is 0 Å². The minimum Gasteiger partial charge on any atom is -0.493 e. The maximum Gasteiger partial charge on any atom is 0.317 e. The molecule has 3 aliphatic rings. The van der Waals surface area contributed by atoms with Crippen molar-refractivity contribution in [3.8, 4) is 5.75 Å². The Morgan fingerprint density at radius 1 is 1.15 bits per heavy atom. The Morgan fingerprint density at radius 2 is 1.77 bits per heavy atom. The first-order chi connectivity index (χ1) is 12.5. The zero-order chi connectivity index (χ0) is 18.3. The van der Waals surface area contributed by atoms with Gasteiger partial charge in [-0.05, 0) is 25.0 Å². The maximum atomic E-state index is 12.5. The van der Waals surface area contributed by atoms with Gasteiger partial charge in [-0.1, -0.05) is 18.2 Å². The topological polar surface area (TPSA) is 79.0 Å². The van der Waals surface area contributed by atoms with Crippen molar-refractivity contribution in [1.29, 1.82) is 0 Å². The molecule has 2 atom stereocenters. The van der Waals surface area contributed by atoms with E-state index >= 15 is 0 Å². The summed E-state index contributed by atoms with van der Waals surface area (Å²) in [5.41, 5.74) is -0.00699. The average molecular weight is 357 g/mol. The summed E-state index contributed by atoms with van der Waals surface area (Å²) in [6.07, 6.45) is 2.04. The first-order valence-electron chi connectivity index (χ1n) is 9.01. The summed E-state index contributed by atoms with van der Waals surface area (Å²) in [5.74, 6) is -0.279. The van der Waals surface area contributed by atoms with Crippen molar-refractivity contribution < 1.29 is 19.1 Å². The number of hydrogen-bond donors (Lipinski definition) is 1. The van der Waals surface area contributed by atoms with Crippen molar-refractivity contribution in [3.05, 3.63) is 30.3 Å². The second-order valence-electron chi connectivity index (χ2n) is 7.61. The Hall–Kier alpha value is -2.57. The third-order valence-corrected chi connectivity index (χ3v) is 5.76. The van der Waals surface area contributed by atoms with Gasteiger partial charge in [-0.15, -0.1) is 0 Å². The van der Waals surface area contributed by atoms with E-state index < -0.39 is 0 Å². The third kappa shape index (κ3) is 3.02. The number of ether oxygens (including phenoxy) is 1. The van der Waals surface area contributed by atoms with Crippen LogP contribution < -0.4 is 10.1 Å². The van der Waals surface area contributed by atoms with Gasteiger partial charge in [0, 0.05) is 32.1 Å². The molecule has 3 fully saturated rings. The van der Waals surface area contributed by atoms with Crippen LogP contribution in [0.2, 0.25) is 0 Å². The monoisotopic (exact) mass is 357 g/mol. The highest BCUT2D eigenvalue weighted by Gasteiger charge is 2.52. The fourth-order valence-corrected chi connectivity index (χ4v) is 3.75. The summed E-state index contributed by atoms with van der Waals surface area (Å²) in [5, 5.41) is 2.96. The lowest BCUT2D eigenvalue weighted by atomic mass is 10.00. The number of nitrogens with zero attached hydrogens (tertiary/aromatic N) is 2. The zero-order valence-corrected chi connectivity index (χ0v) is 14.8. The molecule has 138 valence electrons. The molecule has 0 spiro atoms. The van der Waals surface area contributed by atoms with Crippen LogP contribution in [-0.4, -0.2) is 60.9 Å². The Morgan fingerprint density at radius 3 is 2.35 bits per heavy atom. The molecule has 1 aliphatic carbocycles. The zero-order valence-electron chi connectivity index (χ0n) is 14.8. The molecule has 2 saturated heterocycles. The van der Waals surface area contributed by atoms with E-state index in [0.29, 0.717) is 26.2 Å². The second kappa shape index (κ2) is 6.30. The van der Waals surface area contributed by atoms with E-state index in [-0.39, 0.29) is 35.1 Å². The molecule has 1 aromatic rings. The number of para-hydroxylation sites is 1. The van der Waals surface area contributed by atoms with E-state index in [4.69, 9.17) is 4.74 Å². The lowest BCUT2D eigenvalue weighted by Gasteiger charge is -2.22. The predicted molar refractivity (Wildman–Crippen MR) is 93.3 cm³/mol. The molecule has 2 aliphatic heterocycles. The fourth-order valence-electron chi connectivity index (χ4n) is 3.75. The van der Waals surface area contributed by atoms with E-state index in [1.54, 1.807) is 4.90 Å². The summed E-state index contributed by atoms with van der Waals surface area (Å²) in [4.78, 5) is 39.3. The van der Waals surface area contributed by atoms with Crippen LogP contribution in [0.5, 0.6) is 5.75 Å². The number of imide groups is 1. The molecule has 7 nitrogen and oxygen atoms in total. The maximum absolute atomic E-state index is 12.5. The summed E-state index contributed by atoms with van der Waals surface area (Å²) in [7, 11) is 1.51. The van der Waals surface area contributed by atoms with E-state index in [1.807, 2.05) is 30.3 Å². The molecule has 26 heavy (non-hydrogen) atoms. The summed E-state index contributed by atoms with van der Waals surface area (Å²) >= 11 is 0. The Balaban J connectivity index is 1.27. The SMILES string of the molecule is CN1C(=O)[C@H]2CN(C(=O)NCC3(COc4ccccc4)CC3)C[C@H]2C1=O. The smallest absolute Gasteiger partial charge is 0.317 e. The minimum atomic E-state index is -0.380. The molecule has 1 N–H and O–H groups in total. The molecule has 4 rings (SSSR count). The Labute approximate surface area is 152 Å². The number of urea groups is 1. The molecular formula is C19H23N3O4. The van der Waals surface area contributed by atoms with Crippen molar-refractivity contribution in [3.63, 3.8) is 0 Å². The number of carbonyl (C=O) groups is 3. The van der Waals surface area contributed by atoms with Gasteiger partial charge < -0.3 is 15.0 Å². The van der Waals surface area contributed by atoms with Crippen LogP contribution in [-0.2, 0) is 9.59 Å². The van der Waals surface area contributed by atoms with Crippen LogP contribution in [0, 0.1) is 17.3 Å². The van der Waals surface area contributed by atoms with Crippen LogP contribution in [0.4, 0.5) is 4.79 Å². The highest BCUT2D eigenvalue weighted by atomic mass is 16.5. The number of amides is 4. The number of fused-ring (bicyclic) bond motifs is 1. The quantitative estimate of drug-likeness (QED) is 0.801. The fraction of sp³-hybridized carbons (Fsp3) is 0.526. The van der Waals surface area contributed by atoms with Crippen LogP contribution in [0.3, 0.4) is 0 Å². The van der Waals surface area contributed by atoms with E-state index in [9.17, 15) is 14.4 Å². The first kappa shape index (κ1) is 16.9. The van der Waals surface area contributed by atoms with E-state index in [2.05, 4.69) is 5.32 Å². The van der Waals surface area contributed by atoms with Crippen molar-refractivity contribution in [1.82, 2.24) is 15.1 Å². The molecule has 4 amide bonds. The Kier molecular flexibility index (Phi) is 4.09. The van der Waals surface area contributed by atoms with Crippen LogP contribution in [0.1, 0.15) is 12.8 Å². The van der Waals surface area contributed by atoms with Gasteiger partial charge >= 0.3 is 6.03 Å². The minimum absolute atomic E-state index is 0.00699. The van der Waals surface area contributed by atoms with Gasteiger partial charge in [0.05, 0.1) is 18.4 Å². The average Bonchev–Trinajstić information content (AvgIpc) is 3.25. The van der Waals surface area contributed by atoms with Gasteiger partial charge in [-0.3, -0.25) is 14.5 Å². The van der Waals surface area contributed by atoms with Crippen molar-refractivity contribution in [2.24, 2.45) is 17.3 Å². The van der Waals surface area contributed by atoms with Crippen LogP contribution in [0.25, 0.3) is 0 Å². The molecule has 0 radical (unpaired) electrons. The Bertz CT molecular complexity index is 708.